The van der Waals surface area contributed by atoms with Gasteiger partial charge in [-0.15, -0.1) is 0 Å². The molecule has 0 aliphatic carbocycles. The molecule has 0 saturated heterocycles. The molecule has 0 bridgehead atoms. The second-order valence-electron chi connectivity index (χ2n) is 4.80. The molecule has 3 N–H and O–H groups in total. The van der Waals surface area contributed by atoms with Gasteiger partial charge in [0, 0.05) is 32.3 Å². The van der Waals surface area contributed by atoms with Crippen LogP contribution in [-0.2, 0) is 11.3 Å². The molecule has 0 fully saturated rings. The number of carbonyl (C=O) groups excluding carboxylic acids is 1. The molecule has 6 heteroatoms. The maximum absolute atomic E-state index is 11.6. The maximum Gasteiger partial charge on any atom is 0.221 e. The van der Waals surface area contributed by atoms with E-state index in [9.17, 15) is 4.79 Å². The second kappa shape index (κ2) is 9.74. The van der Waals surface area contributed by atoms with Crippen molar-refractivity contribution in [1.29, 1.82) is 0 Å². The van der Waals surface area contributed by atoms with Crippen LogP contribution >= 0.6 is 0 Å². The van der Waals surface area contributed by atoms with Crippen LogP contribution in [0.3, 0.4) is 0 Å². The monoisotopic (exact) mass is 291 g/mol. The number of aromatic nitrogens is 1. The standard InChI is InChI=1S/C15H25N5O/c1-4-12(2)20-14(21)8-10-18-15(16-3)19-11-13-7-5-6-9-17-13/h5-7,9,12H,4,8,10-11H2,1-3H3,(H,20,21)(H2,16,18,19). The van der Waals surface area contributed by atoms with Crippen molar-refractivity contribution < 1.29 is 4.79 Å². The Bertz CT molecular complexity index is 447. The van der Waals surface area contributed by atoms with Crippen LogP contribution in [0.25, 0.3) is 0 Å². The molecule has 0 aromatic carbocycles. The van der Waals surface area contributed by atoms with Crippen molar-refractivity contribution in [3.8, 4) is 0 Å². The number of rotatable bonds is 7. The Morgan fingerprint density at radius 2 is 2.19 bits per heavy atom. The van der Waals surface area contributed by atoms with Gasteiger partial charge in [0.25, 0.3) is 0 Å². The quantitative estimate of drug-likeness (QED) is 0.518. The van der Waals surface area contributed by atoms with Gasteiger partial charge in [0.1, 0.15) is 0 Å². The van der Waals surface area contributed by atoms with E-state index in [1.165, 1.54) is 0 Å². The van der Waals surface area contributed by atoms with Gasteiger partial charge in [0.2, 0.25) is 5.91 Å². The van der Waals surface area contributed by atoms with Gasteiger partial charge in [0.05, 0.1) is 12.2 Å². The summed E-state index contributed by atoms with van der Waals surface area (Å²) >= 11 is 0. The highest BCUT2D eigenvalue weighted by Crippen LogP contribution is 1.92. The van der Waals surface area contributed by atoms with Crippen LogP contribution in [0.5, 0.6) is 0 Å². The van der Waals surface area contributed by atoms with Crippen LogP contribution in [0, 0.1) is 0 Å². The zero-order chi connectivity index (χ0) is 15.5. The topological polar surface area (TPSA) is 78.4 Å². The smallest absolute Gasteiger partial charge is 0.221 e. The van der Waals surface area contributed by atoms with Gasteiger partial charge in [-0.25, -0.2) is 0 Å². The van der Waals surface area contributed by atoms with Gasteiger partial charge in [-0.1, -0.05) is 13.0 Å². The molecule has 0 aliphatic heterocycles. The number of nitrogens with zero attached hydrogens (tertiary/aromatic N) is 2. The van der Waals surface area contributed by atoms with Crippen molar-refractivity contribution >= 4 is 11.9 Å². The Balaban J connectivity index is 2.24. The van der Waals surface area contributed by atoms with E-state index in [1.807, 2.05) is 32.0 Å². The van der Waals surface area contributed by atoms with Crippen LogP contribution < -0.4 is 16.0 Å². The van der Waals surface area contributed by atoms with E-state index >= 15 is 0 Å². The molecule has 1 rings (SSSR count). The lowest BCUT2D eigenvalue weighted by atomic mass is 10.2. The van der Waals surface area contributed by atoms with Crippen molar-refractivity contribution in [2.75, 3.05) is 13.6 Å². The fourth-order valence-electron chi connectivity index (χ4n) is 1.64. The molecule has 1 atom stereocenters. The third kappa shape index (κ3) is 7.29. The molecule has 0 spiro atoms. The van der Waals surface area contributed by atoms with Gasteiger partial charge in [0.15, 0.2) is 5.96 Å². The van der Waals surface area contributed by atoms with Crippen LogP contribution in [0.15, 0.2) is 29.4 Å². The summed E-state index contributed by atoms with van der Waals surface area (Å²) in [5.74, 6) is 0.717. The van der Waals surface area contributed by atoms with Gasteiger partial charge < -0.3 is 16.0 Å². The first-order chi connectivity index (χ1) is 10.2. The molecule has 21 heavy (non-hydrogen) atoms. The summed E-state index contributed by atoms with van der Waals surface area (Å²) in [6.45, 7) is 5.19. The summed E-state index contributed by atoms with van der Waals surface area (Å²) in [6.07, 6.45) is 3.12. The van der Waals surface area contributed by atoms with Crippen molar-refractivity contribution in [2.45, 2.75) is 39.3 Å². The number of carbonyl (C=O) groups is 1. The Morgan fingerprint density at radius 1 is 1.38 bits per heavy atom. The minimum atomic E-state index is 0.0528. The van der Waals surface area contributed by atoms with E-state index in [1.54, 1.807) is 13.2 Å². The first-order valence-electron chi connectivity index (χ1n) is 7.29. The summed E-state index contributed by atoms with van der Waals surface area (Å²) in [5, 5.41) is 9.20. The molecule has 0 radical (unpaired) electrons. The molecule has 1 unspecified atom stereocenters. The van der Waals surface area contributed by atoms with Crippen LogP contribution in [-0.4, -0.2) is 36.5 Å². The second-order valence-corrected chi connectivity index (χ2v) is 4.80. The Kier molecular flexibility index (Phi) is 7.86. The number of amides is 1. The zero-order valence-electron chi connectivity index (χ0n) is 13.0. The highest BCUT2D eigenvalue weighted by Gasteiger charge is 2.05. The van der Waals surface area contributed by atoms with Crippen molar-refractivity contribution in [2.24, 2.45) is 4.99 Å². The number of hydrogen-bond acceptors (Lipinski definition) is 3. The van der Waals surface area contributed by atoms with Gasteiger partial charge in [-0.05, 0) is 25.5 Å². The normalized spacial score (nSPS) is 12.6. The fraction of sp³-hybridized carbons (Fsp3) is 0.533. The SMILES string of the molecule is CCC(C)NC(=O)CCNC(=NC)NCc1ccccn1. The summed E-state index contributed by atoms with van der Waals surface area (Å²) in [6, 6.07) is 5.99. The summed E-state index contributed by atoms with van der Waals surface area (Å²) < 4.78 is 0. The fourth-order valence-corrected chi connectivity index (χ4v) is 1.64. The molecule has 1 heterocycles. The van der Waals surface area contributed by atoms with Crippen LogP contribution in [0.1, 0.15) is 32.4 Å². The summed E-state index contributed by atoms with van der Waals surface area (Å²) in [7, 11) is 1.70. The van der Waals surface area contributed by atoms with Gasteiger partial charge >= 0.3 is 0 Å². The molecular weight excluding hydrogens is 266 g/mol. The lowest BCUT2D eigenvalue weighted by Gasteiger charge is -2.13. The number of hydrogen-bond donors (Lipinski definition) is 3. The van der Waals surface area contributed by atoms with E-state index in [4.69, 9.17) is 0 Å². The van der Waals surface area contributed by atoms with E-state index < -0.39 is 0 Å². The average molecular weight is 291 g/mol. The minimum Gasteiger partial charge on any atom is -0.356 e. The Labute approximate surface area is 126 Å². The molecule has 1 amide bonds. The first kappa shape index (κ1) is 16.9. The lowest BCUT2D eigenvalue weighted by molar-refractivity contribution is -0.121. The van der Waals surface area contributed by atoms with E-state index in [2.05, 4.69) is 25.9 Å². The van der Waals surface area contributed by atoms with Gasteiger partial charge in [-0.2, -0.15) is 0 Å². The van der Waals surface area contributed by atoms with E-state index in [0.717, 1.165) is 12.1 Å². The van der Waals surface area contributed by atoms with Gasteiger partial charge in [-0.3, -0.25) is 14.8 Å². The predicted octanol–water partition coefficient (Wildman–Crippen LogP) is 1.05. The predicted molar refractivity (Wildman–Crippen MR) is 85.0 cm³/mol. The first-order valence-corrected chi connectivity index (χ1v) is 7.29. The van der Waals surface area contributed by atoms with Crippen molar-refractivity contribution in [1.82, 2.24) is 20.9 Å². The third-order valence-electron chi connectivity index (χ3n) is 3.05. The molecule has 1 aromatic heterocycles. The summed E-state index contributed by atoms with van der Waals surface area (Å²) in [5.41, 5.74) is 0.940. The maximum atomic E-state index is 11.6. The lowest BCUT2D eigenvalue weighted by Crippen LogP contribution is -2.40. The highest BCUT2D eigenvalue weighted by molar-refractivity contribution is 5.81. The molecule has 116 valence electrons. The minimum absolute atomic E-state index is 0.0528. The average Bonchev–Trinajstić information content (AvgIpc) is 2.51. The molecule has 1 aromatic rings. The Hall–Kier alpha value is -2.11. The zero-order valence-corrected chi connectivity index (χ0v) is 13.0. The van der Waals surface area contributed by atoms with Crippen molar-refractivity contribution in [3.05, 3.63) is 30.1 Å². The largest absolute Gasteiger partial charge is 0.356 e. The van der Waals surface area contributed by atoms with Crippen LogP contribution in [0.2, 0.25) is 0 Å². The Morgan fingerprint density at radius 3 is 2.81 bits per heavy atom. The van der Waals surface area contributed by atoms with E-state index in [-0.39, 0.29) is 11.9 Å². The summed E-state index contributed by atoms with van der Waals surface area (Å²) in [4.78, 5) is 20.0. The number of guanidine groups is 1. The van der Waals surface area contributed by atoms with Crippen LogP contribution in [0.4, 0.5) is 0 Å². The number of pyridine rings is 1. The molecule has 0 saturated carbocycles. The highest BCUT2D eigenvalue weighted by atomic mass is 16.1. The van der Waals surface area contributed by atoms with E-state index in [0.29, 0.717) is 25.5 Å². The number of aliphatic imine (C=N–C) groups is 1. The van der Waals surface area contributed by atoms with Crippen molar-refractivity contribution in [3.63, 3.8) is 0 Å². The molecule has 6 nitrogen and oxygen atoms in total. The molecular formula is C15H25N5O. The molecule has 0 aliphatic rings. The third-order valence-corrected chi connectivity index (χ3v) is 3.05. The number of nitrogens with one attached hydrogen (secondary N) is 3.